The van der Waals surface area contributed by atoms with Gasteiger partial charge < -0.3 is 8.23 Å². The molecular weight excluding hydrogens is 320 g/mol. The smallest absolute Gasteiger partial charge is 0.311 e. The van der Waals surface area contributed by atoms with Crippen LogP contribution in [-0.4, -0.2) is 25.9 Å². The first-order chi connectivity index (χ1) is 10.3. The van der Waals surface area contributed by atoms with E-state index in [1.54, 1.807) is 0 Å². The Bertz CT molecular complexity index is 540. The molecular formula is C17H26O2Si3. The molecule has 22 heavy (non-hydrogen) atoms. The third-order valence-corrected chi connectivity index (χ3v) is 12.8. The minimum Gasteiger partial charge on any atom is -0.437 e. The van der Waals surface area contributed by atoms with Crippen molar-refractivity contribution < 1.29 is 8.23 Å². The van der Waals surface area contributed by atoms with Gasteiger partial charge in [-0.15, -0.1) is 0 Å². The van der Waals surface area contributed by atoms with Crippen LogP contribution in [0.25, 0.3) is 0 Å². The highest BCUT2D eigenvalue weighted by Crippen LogP contribution is 2.16. The minimum atomic E-state index is -2.14. The van der Waals surface area contributed by atoms with Gasteiger partial charge in [0.2, 0.25) is 9.04 Å². The summed E-state index contributed by atoms with van der Waals surface area (Å²) < 4.78 is 13.1. The van der Waals surface area contributed by atoms with E-state index >= 15 is 0 Å². The molecule has 5 heteroatoms. The molecule has 0 atom stereocenters. The van der Waals surface area contributed by atoms with Crippen LogP contribution in [-0.2, 0) is 8.23 Å². The highest BCUT2D eigenvalue weighted by molar-refractivity contribution is 6.90. The molecule has 0 fully saturated rings. The van der Waals surface area contributed by atoms with Crippen LogP contribution in [0.2, 0.25) is 32.7 Å². The summed E-state index contributed by atoms with van der Waals surface area (Å²) in [4.78, 5) is 0. The van der Waals surface area contributed by atoms with E-state index in [0.29, 0.717) is 0 Å². The third-order valence-electron chi connectivity index (χ3n) is 3.16. The molecule has 2 nitrogen and oxygen atoms in total. The molecule has 0 heterocycles. The van der Waals surface area contributed by atoms with Crippen LogP contribution < -0.4 is 10.4 Å². The second-order valence-corrected chi connectivity index (χ2v) is 17.8. The van der Waals surface area contributed by atoms with Gasteiger partial charge in [-0.2, -0.15) is 0 Å². The minimum absolute atomic E-state index is 1.31. The second kappa shape index (κ2) is 7.06. The van der Waals surface area contributed by atoms with Gasteiger partial charge in [0.1, 0.15) is 0 Å². The summed E-state index contributed by atoms with van der Waals surface area (Å²) in [6.07, 6.45) is 0. The molecule has 0 N–H and O–H groups in total. The quantitative estimate of drug-likeness (QED) is 0.748. The second-order valence-electron chi connectivity index (χ2n) is 6.93. The van der Waals surface area contributed by atoms with Gasteiger partial charge in [-0.05, 0) is 43.1 Å². The van der Waals surface area contributed by atoms with Crippen LogP contribution in [0.4, 0.5) is 0 Å². The summed E-state index contributed by atoms with van der Waals surface area (Å²) in [7, 11) is -5.45. The molecule has 2 aromatic rings. The van der Waals surface area contributed by atoms with Crippen molar-refractivity contribution in [1.82, 2.24) is 0 Å². The van der Waals surface area contributed by atoms with Gasteiger partial charge >= 0.3 is 8.56 Å². The molecule has 0 aliphatic rings. The van der Waals surface area contributed by atoms with Crippen LogP contribution in [0, 0.1) is 0 Å². The van der Waals surface area contributed by atoms with E-state index in [-0.39, 0.29) is 0 Å². The van der Waals surface area contributed by atoms with E-state index < -0.39 is 25.9 Å². The summed E-state index contributed by atoms with van der Waals surface area (Å²) in [5.74, 6) is 0. The molecule has 2 rings (SSSR count). The van der Waals surface area contributed by atoms with Gasteiger partial charge in [-0.25, -0.2) is 0 Å². The van der Waals surface area contributed by atoms with Crippen LogP contribution in [0.3, 0.4) is 0 Å². The number of hydrogen-bond acceptors (Lipinski definition) is 2. The van der Waals surface area contributed by atoms with Gasteiger partial charge in [-0.1, -0.05) is 60.7 Å². The topological polar surface area (TPSA) is 18.5 Å². The van der Waals surface area contributed by atoms with Crippen molar-refractivity contribution in [1.29, 1.82) is 0 Å². The lowest BCUT2D eigenvalue weighted by atomic mass is 10.4. The zero-order valence-corrected chi connectivity index (χ0v) is 17.3. The van der Waals surface area contributed by atoms with Gasteiger partial charge in [-0.3, -0.25) is 0 Å². The SMILES string of the molecule is C[Si](C)(C)O[Si](C)(C)O[SiH](c1ccccc1)c1ccccc1. The maximum Gasteiger partial charge on any atom is 0.311 e. The fraction of sp³-hybridized carbons (Fsp3) is 0.294. The van der Waals surface area contributed by atoms with Crippen molar-refractivity contribution in [2.45, 2.75) is 32.7 Å². The van der Waals surface area contributed by atoms with E-state index in [1.807, 2.05) is 0 Å². The Morgan fingerprint density at radius 3 is 1.45 bits per heavy atom. The van der Waals surface area contributed by atoms with Gasteiger partial charge in [0.15, 0.2) is 8.32 Å². The molecule has 0 saturated heterocycles. The maximum absolute atomic E-state index is 6.68. The fourth-order valence-corrected chi connectivity index (χ4v) is 14.0. The highest BCUT2D eigenvalue weighted by atomic mass is 28.5. The van der Waals surface area contributed by atoms with Crippen molar-refractivity contribution in [3.05, 3.63) is 60.7 Å². The summed E-state index contributed by atoms with van der Waals surface area (Å²) in [6.45, 7) is 11.0. The fourth-order valence-electron chi connectivity index (χ4n) is 2.63. The average Bonchev–Trinajstić information content (AvgIpc) is 2.44. The van der Waals surface area contributed by atoms with Crippen molar-refractivity contribution in [3.8, 4) is 0 Å². The van der Waals surface area contributed by atoms with E-state index in [9.17, 15) is 0 Å². The predicted molar refractivity (Wildman–Crippen MR) is 102 cm³/mol. The van der Waals surface area contributed by atoms with Gasteiger partial charge in [0.25, 0.3) is 0 Å². The van der Waals surface area contributed by atoms with Crippen LogP contribution in [0.15, 0.2) is 60.7 Å². The Labute approximate surface area is 138 Å². The number of rotatable bonds is 6. The number of hydrogen-bond donors (Lipinski definition) is 0. The maximum atomic E-state index is 6.68. The lowest BCUT2D eigenvalue weighted by Crippen LogP contribution is -2.55. The zero-order chi connectivity index (χ0) is 16.2. The molecule has 0 unspecified atom stereocenters. The Balaban J connectivity index is 2.30. The largest absolute Gasteiger partial charge is 0.437 e. The summed E-state index contributed by atoms with van der Waals surface area (Å²) in [5.41, 5.74) is 0. The molecule has 0 spiro atoms. The first-order valence-electron chi connectivity index (χ1n) is 7.75. The van der Waals surface area contributed by atoms with Crippen LogP contribution in [0.5, 0.6) is 0 Å². The molecule has 2 aromatic carbocycles. The van der Waals surface area contributed by atoms with E-state index in [1.165, 1.54) is 10.4 Å². The van der Waals surface area contributed by atoms with E-state index in [0.717, 1.165) is 0 Å². The Hall–Kier alpha value is -0.989. The zero-order valence-electron chi connectivity index (χ0n) is 14.2. The van der Waals surface area contributed by atoms with Gasteiger partial charge in [0.05, 0.1) is 0 Å². The molecule has 0 radical (unpaired) electrons. The number of benzene rings is 2. The molecule has 0 aliphatic heterocycles. The van der Waals surface area contributed by atoms with Crippen molar-refractivity contribution >= 4 is 36.3 Å². The summed E-state index contributed by atoms with van der Waals surface area (Å²) in [6, 6.07) is 21.2. The molecule has 0 saturated carbocycles. The third kappa shape index (κ3) is 5.33. The highest BCUT2D eigenvalue weighted by Gasteiger charge is 2.35. The Morgan fingerprint density at radius 1 is 0.682 bits per heavy atom. The van der Waals surface area contributed by atoms with Crippen molar-refractivity contribution in [3.63, 3.8) is 0 Å². The van der Waals surface area contributed by atoms with Crippen LogP contribution in [0.1, 0.15) is 0 Å². The Morgan fingerprint density at radius 2 is 1.09 bits per heavy atom. The normalized spacial score (nSPS) is 12.6. The monoisotopic (exact) mass is 346 g/mol. The van der Waals surface area contributed by atoms with Gasteiger partial charge in [0, 0.05) is 0 Å². The van der Waals surface area contributed by atoms with Crippen LogP contribution >= 0.6 is 0 Å². The molecule has 0 aliphatic carbocycles. The first-order valence-corrected chi connectivity index (χ1v) is 15.6. The van der Waals surface area contributed by atoms with E-state index in [2.05, 4.69) is 93.4 Å². The molecule has 0 bridgehead atoms. The standard InChI is InChI=1S/C17H26O2Si3/c1-21(2,3)19-22(4,5)18-20(16-12-8-6-9-13-16)17-14-10-7-11-15-17/h6-15,20H,1-5H3. The van der Waals surface area contributed by atoms with Crippen molar-refractivity contribution in [2.75, 3.05) is 0 Å². The first kappa shape index (κ1) is 17.4. The lowest BCUT2D eigenvalue weighted by molar-refractivity contribution is 0.409. The van der Waals surface area contributed by atoms with Crippen molar-refractivity contribution in [2.24, 2.45) is 0 Å². The lowest BCUT2D eigenvalue weighted by Gasteiger charge is -2.34. The molecule has 118 valence electrons. The summed E-state index contributed by atoms with van der Waals surface area (Å²) >= 11 is 0. The molecule has 0 aromatic heterocycles. The Kier molecular flexibility index (Phi) is 5.57. The molecule has 0 amide bonds. The van der Waals surface area contributed by atoms with E-state index in [4.69, 9.17) is 8.23 Å². The average molecular weight is 347 g/mol. The predicted octanol–water partition coefficient (Wildman–Crippen LogP) is 3.09. The summed E-state index contributed by atoms with van der Waals surface area (Å²) in [5, 5.41) is 2.63.